The highest BCUT2D eigenvalue weighted by Crippen LogP contribution is 2.19. The van der Waals surface area contributed by atoms with Crippen LogP contribution >= 0.6 is 0 Å². The molecular weight excluding hydrogens is 240 g/mol. The molecule has 0 aliphatic carbocycles. The number of hydrogen-bond donors (Lipinski definition) is 1. The zero-order valence-corrected chi connectivity index (χ0v) is 11.6. The van der Waals surface area contributed by atoms with Gasteiger partial charge in [0.15, 0.2) is 0 Å². The highest BCUT2D eigenvalue weighted by atomic mass is 16.5. The fourth-order valence-corrected chi connectivity index (χ4v) is 1.76. The van der Waals surface area contributed by atoms with Crippen molar-refractivity contribution in [3.63, 3.8) is 0 Å². The van der Waals surface area contributed by atoms with Crippen LogP contribution in [0, 0.1) is 5.92 Å². The van der Waals surface area contributed by atoms with Crippen LogP contribution < -0.4 is 10.1 Å². The minimum atomic E-state index is 0.369. The third-order valence-corrected chi connectivity index (χ3v) is 2.89. The van der Waals surface area contributed by atoms with Gasteiger partial charge in [0.1, 0.15) is 12.4 Å². The van der Waals surface area contributed by atoms with Crippen molar-refractivity contribution in [2.24, 2.45) is 10.9 Å². The Morgan fingerprint density at radius 2 is 2.11 bits per heavy atom. The summed E-state index contributed by atoms with van der Waals surface area (Å²) in [7, 11) is 1.66. The van der Waals surface area contributed by atoms with Crippen molar-refractivity contribution in [1.82, 2.24) is 0 Å². The van der Waals surface area contributed by atoms with Crippen molar-refractivity contribution in [3.8, 4) is 5.75 Å². The molecule has 1 N–H and O–H groups in total. The normalized spacial score (nSPS) is 15.2. The molecule has 1 heterocycles. The molecule has 102 valence electrons. The molecule has 0 unspecified atom stereocenters. The van der Waals surface area contributed by atoms with Gasteiger partial charge in [0.25, 0.3) is 0 Å². The molecule has 0 fully saturated rings. The Balaban J connectivity index is 2.11. The van der Waals surface area contributed by atoms with Gasteiger partial charge in [-0.05, 0) is 30.2 Å². The Labute approximate surface area is 114 Å². The second-order valence-electron chi connectivity index (χ2n) is 4.68. The first-order valence-electron chi connectivity index (χ1n) is 6.49. The van der Waals surface area contributed by atoms with E-state index in [4.69, 9.17) is 9.47 Å². The first-order valence-corrected chi connectivity index (χ1v) is 6.49. The van der Waals surface area contributed by atoms with Gasteiger partial charge in [-0.2, -0.15) is 0 Å². The van der Waals surface area contributed by atoms with Gasteiger partial charge in [-0.1, -0.05) is 13.8 Å². The Bertz CT molecular complexity index is 475. The molecule has 0 saturated heterocycles. The van der Waals surface area contributed by atoms with Gasteiger partial charge >= 0.3 is 0 Å². The number of ether oxygens (including phenoxy) is 2. The zero-order chi connectivity index (χ0) is 13.7. The molecule has 19 heavy (non-hydrogen) atoms. The maximum atomic E-state index is 5.42. The molecule has 0 radical (unpaired) electrons. The lowest BCUT2D eigenvalue weighted by atomic mass is 10.1. The van der Waals surface area contributed by atoms with E-state index in [0.717, 1.165) is 23.7 Å². The summed E-state index contributed by atoms with van der Waals surface area (Å²) < 4.78 is 10.6. The quantitative estimate of drug-likeness (QED) is 0.884. The van der Waals surface area contributed by atoms with Gasteiger partial charge in [0.05, 0.1) is 13.7 Å². The van der Waals surface area contributed by atoms with E-state index in [2.05, 4.69) is 24.2 Å². The Kier molecular flexibility index (Phi) is 4.44. The van der Waals surface area contributed by atoms with Crippen LogP contribution in [0.2, 0.25) is 0 Å². The predicted octanol–water partition coefficient (Wildman–Crippen LogP) is 3.08. The number of rotatable bonds is 5. The Morgan fingerprint density at radius 3 is 2.63 bits per heavy atom. The number of allylic oxidation sites excluding steroid dienone is 1. The second-order valence-corrected chi connectivity index (χ2v) is 4.68. The fraction of sp³-hybridized carbons (Fsp3) is 0.400. The summed E-state index contributed by atoms with van der Waals surface area (Å²) in [6.07, 6.45) is 1.97. The van der Waals surface area contributed by atoms with E-state index < -0.39 is 0 Å². The van der Waals surface area contributed by atoms with E-state index >= 15 is 0 Å². The maximum Gasteiger partial charge on any atom is 0.210 e. The Hall–Kier alpha value is -1.97. The molecule has 4 heteroatoms. The molecule has 0 aromatic heterocycles. The van der Waals surface area contributed by atoms with Gasteiger partial charge in [-0.15, -0.1) is 0 Å². The van der Waals surface area contributed by atoms with Crippen molar-refractivity contribution in [1.29, 1.82) is 0 Å². The van der Waals surface area contributed by atoms with Crippen molar-refractivity contribution in [2.75, 3.05) is 25.6 Å². The highest BCUT2D eigenvalue weighted by Gasteiger charge is 2.09. The van der Waals surface area contributed by atoms with Crippen LogP contribution in [0.5, 0.6) is 5.75 Å². The average molecular weight is 260 g/mol. The van der Waals surface area contributed by atoms with Gasteiger partial charge in [0.2, 0.25) is 5.90 Å². The highest BCUT2D eigenvalue weighted by molar-refractivity contribution is 5.89. The molecule has 1 aromatic rings. The maximum absolute atomic E-state index is 5.42. The molecule has 0 amide bonds. The fourth-order valence-electron chi connectivity index (χ4n) is 1.76. The van der Waals surface area contributed by atoms with Crippen molar-refractivity contribution in [3.05, 3.63) is 36.0 Å². The molecule has 0 spiro atoms. The van der Waals surface area contributed by atoms with Crippen LogP contribution in [-0.2, 0) is 4.74 Å². The largest absolute Gasteiger partial charge is 0.497 e. The van der Waals surface area contributed by atoms with E-state index in [0.29, 0.717) is 18.4 Å². The number of anilines is 1. The number of hydrogen-bond acceptors (Lipinski definition) is 4. The van der Waals surface area contributed by atoms with Crippen molar-refractivity contribution in [2.45, 2.75) is 13.8 Å². The summed E-state index contributed by atoms with van der Waals surface area (Å²) in [5.41, 5.74) is 2.12. The van der Waals surface area contributed by atoms with E-state index in [-0.39, 0.29) is 0 Å². The third kappa shape index (κ3) is 3.74. The van der Waals surface area contributed by atoms with E-state index in [9.17, 15) is 0 Å². The summed E-state index contributed by atoms with van der Waals surface area (Å²) in [5.74, 6) is 1.93. The summed E-state index contributed by atoms with van der Waals surface area (Å²) in [4.78, 5) is 4.28. The van der Waals surface area contributed by atoms with Gasteiger partial charge < -0.3 is 14.8 Å². The van der Waals surface area contributed by atoms with Crippen LogP contribution in [0.4, 0.5) is 5.69 Å². The third-order valence-electron chi connectivity index (χ3n) is 2.89. The van der Waals surface area contributed by atoms with Crippen molar-refractivity contribution >= 4 is 11.6 Å². The predicted molar refractivity (Wildman–Crippen MR) is 77.8 cm³/mol. The smallest absolute Gasteiger partial charge is 0.210 e. The molecule has 0 saturated carbocycles. The van der Waals surface area contributed by atoms with Crippen LogP contribution in [0.3, 0.4) is 0 Å². The minimum absolute atomic E-state index is 0.369. The van der Waals surface area contributed by atoms with E-state index in [1.807, 2.05) is 30.3 Å². The first kappa shape index (κ1) is 13.5. The molecule has 1 aromatic carbocycles. The molecular formula is C15H20N2O2. The zero-order valence-electron chi connectivity index (χ0n) is 11.6. The SMILES string of the molecule is COc1ccc(N/C(=C\C2=NCCO2)C(C)C)cc1. The number of nitrogens with zero attached hydrogens (tertiary/aromatic N) is 1. The summed E-state index contributed by atoms with van der Waals surface area (Å²) >= 11 is 0. The van der Waals surface area contributed by atoms with Crippen LogP contribution in [0.25, 0.3) is 0 Å². The number of aliphatic imine (C=N–C) groups is 1. The lowest BCUT2D eigenvalue weighted by Gasteiger charge is -2.15. The summed E-state index contributed by atoms with van der Waals surface area (Å²) in [6, 6.07) is 7.85. The van der Waals surface area contributed by atoms with Gasteiger partial charge in [-0.3, -0.25) is 0 Å². The van der Waals surface area contributed by atoms with Crippen LogP contribution in [0.1, 0.15) is 13.8 Å². The number of benzene rings is 1. The first-order chi connectivity index (χ1) is 9.19. The topological polar surface area (TPSA) is 42.8 Å². The standard InChI is InChI=1S/C15H20N2O2/c1-11(2)14(10-15-16-8-9-19-15)17-12-4-6-13(18-3)7-5-12/h4-7,10-11,17H,8-9H2,1-3H3/b14-10-. The van der Waals surface area contributed by atoms with E-state index in [1.165, 1.54) is 0 Å². The summed E-state index contributed by atoms with van der Waals surface area (Å²) in [5, 5.41) is 3.40. The number of nitrogens with one attached hydrogen (secondary N) is 1. The molecule has 0 bridgehead atoms. The molecule has 4 nitrogen and oxygen atoms in total. The molecule has 1 aliphatic rings. The molecule has 0 atom stereocenters. The molecule has 1 aliphatic heterocycles. The summed E-state index contributed by atoms with van der Waals surface area (Å²) in [6.45, 7) is 5.70. The average Bonchev–Trinajstić information content (AvgIpc) is 2.91. The minimum Gasteiger partial charge on any atom is -0.497 e. The lowest BCUT2D eigenvalue weighted by molar-refractivity contribution is 0.349. The van der Waals surface area contributed by atoms with Gasteiger partial charge in [-0.25, -0.2) is 4.99 Å². The Morgan fingerprint density at radius 1 is 1.37 bits per heavy atom. The van der Waals surface area contributed by atoms with Gasteiger partial charge in [0, 0.05) is 17.5 Å². The van der Waals surface area contributed by atoms with Crippen LogP contribution in [0.15, 0.2) is 41.0 Å². The lowest BCUT2D eigenvalue weighted by Crippen LogP contribution is -2.09. The van der Waals surface area contributed by atoms with E-state index in [1.54, 1.807) is 7.11 Å². The second kappa shape index (κ2) is 6.27. The monoisotopic (exact) mass is 260 g/mol. The molecule has 2 rings (SSSR count). The van der Waals surface area contributed by atoms with Crippen LogP contribution in [-0.4, -0.2) is 26.2 Å². The number of methoxy groups -OCH3 is 1. The van der Waals surface area contributed by atoms with Crippen molar-refractivity contribution < 1.29 is 9.47 Å².